The van der Waals surface area contributed by atoms with E-state index in [0.29, 0.717) is 0 Å². The van der Waals surface area contributed by atoms with E-state index < -0.39 is 0 Å². The highest BCUT2D eigenvalue weighted by molar-refractivity contribution is 14.0. The second-order valence-electron chi connectivity index (χ2n) is 7.97. The SMILES string of the molecule is I.OCCC1(CN=C(NCCc2ccco2)NCC2CCCO2)CCCCC1. The molecular formula is C21H36IN3O3. The Balaban J connectivity index is 0.00000280. The van der Waals surface area contributed by atoms with Gasteiger partial charge in [-0.3, -0.25) is 4.99 Å². The van der Waals surface area contributed by atoms with Gasteiger partial charge in [-0.25, -0.2) is 0 Å². The van der Waals surface area contributed by atoms with Crippen molar-refractivity contribution in [1.29, 1.82) is 0 Å². The Labute approximate surface area is 185 Å². The summed E-state index contributed by atoms with van der Waals surface area (Å²) in [6, 6.07) is 3.91. The van der Waals surface area contributed by atoms with Gasteiger partial charge in [0, 0.05) is 39.3 Å². The van der Waals surface area contributed by atoms with Crippen molar-refractivity contribution in [2.45, 2.75) is 63.9 Å². The van der Waals surface area contributed by atoms with E-state index in [4.69, 9.17) is 14.1 Å². The maximum Gasteiger partial charge on any atom is 0.191 e. The van der Waals surface area contributed by atoms with Gasteiger partial charge in [0.15, 0.2) is 5.96 Å². The summed E-state index contributed by atoms with van der Waals surface area (Å²) in [5.41, 5.74) is 0.159. The van der Waals surface area contributed by atoms with Crippen LogP contribution in [0.4, 0.5) is 0 Å². The third-order valence-electron chi connectivity index (χ3n) is 5.89. The summed E-state index contributed by atoms with van der Waals surface area (Å²) in [5.74, 6) is 1.82. The minimum Gasteiger partial charge on any atom is -0.469 e. The molecule has 0 radical (unpaired) electrons. The lowest BCUT2D eigenvalue weighted by Gasteiger charge is -2.35. The number of aliphatic imine (C=N–C) groups is 1. The Hall–Kier alpha value is -0.800. The summed E-state index contributed by atoms with van der Waals surface area (Å²) in [5, 5.41) is 16.4. The van der Waals surface area contributed by atoms with Crippen LogP contribution in [0.3, 0.4) is 0 Å². The molecule has 2 fully saturated rings. The van der Waals surface area contributed by atoms with Gasteiger partial charge in [-0.05, 0) is 49.7 Å². The van der Waals surface area contributed by atoms with Crippen molar-refractivity contribution < 1.29 is 14.3 Å². The number of aliphatic hydroxyl groups excluding tert-OH is 1. The van der Waals surface area contributed by atoms with Gasteiger partial charge in [0.2, 0.25) is 0 Å². The monoisotopic (exact) mass is 505 g/mol. The van der Waals surface area contributed by atoms with Crippen molar-refractivity contribution in [1.82, 2.24) is 10.6 Å². The molecule has 2 heterocycles. The number of nitrogens with one attached hydrogen (secondary N) is 2. The van der Waals surface area contributed by atoms with Crippen LogP contribution in [0.1, 0.15) is 57.1 Å². The Bertz CT molecular complexity index is 548. The van der Waals surface area contributed by atoms with Gasteiger partial charge in [-0.1, -0.05) is 19.3 Å². The predicted octanol–water partition coefficient (Wildman–Crippen LogP) is 3.49. The van der Waals surface area contributed by atoms with Crippen LogP contribution in [0.2, 0.25) is 0 Å². The minimum atomic E-state index is 0. The number of ether oxygens (including phenoxy) is 1. The summed E-state index contributed by atoms with van der Waals surface area (Å²) in [7, 11) is 0. The molecule has 1 saturated heterocycles. The van der Waals surface area contributed by atoms with E-state index in [0.717, 1.165) is 63.6 Å². The zero-order valence-electron chi connectivity index (χ0n) is 16.8. The van der Waals surface area contributed by atoms with E-state index in [9.17, 15) is 5.11 Å². The maximum atomic E-state index is 9.54. The molecule has 1 aliphatic carbocycles. The first-order valence-electron chi connectivity index (χ1n) is 10.6. The molecule has 160 valence electrons. The van der Waals surface area contributed by atoms with Crippen molar-refractivity contribution in [2.24, 2.45) is 10.4 Å². The van der Waals surface area contributed by atoms with Crippen molar-refractivity contribution in [3.05, 3.63) is 24.2 Å². The molecule has 3 N–H and O–H groups in total. The van der Waals surface area contributed by atoms with Gasteiger partial charge in [0.25, 0.3) is 0 Å². The highest BCUT2D eigenvalue weighted by Gasteiger charge is 2.31. The number of hydrogen-bond acceptors (Lipinski definition) is 4. The van der Waals surface area contributed by atoms with Crippen LogP contribution in [0.25, 0.3) is 0 Å². The number of hydrogen-bond donors (Lipinski definition) is 3. The minimum absolute atomic E-state index is 0. The molecule has 2 aliphatic rings. The van der Waals surface area contributed by atoms with Crippen LogP contribution in [0, 0.1) is 5.41 Å². The molecule has 6 nitrogen and oxygen atoms in total. The Kier molecular flexibility index (Phi) is 10.6. The van der Waals surface area contributed by atoms with Gasteiger partial charge in [0.05, 0.1) is 12.4 Å². The number of nitrogens with zero attached hydrogens (tertiary/aromatic N) is 1. The first-order chi connectivity index (χ1) is 13.3. The van der Waals surface area contributed by atoms with E-state index in [1.165, 1.54) is 32.1 Å². The van der Waals surface area contributed by atoms with Gasteiger partial charge in [0.1, 0.15) is 5.76 Å². The van der Waals surface area contributed by atoms with E-state index in [1.807, 2.05) is 12.1 Å². The number of aliphatic hydroxyl groups is 1. The largest absolute Gasteiger partial charge is 0.469 e. The molecule has 0 aromatic carbocycles. The zero-order valence-corrected chi connectivity index (χ0v) is 19.2. The van der Waals surface area contributed by atoms with E-state index in [2.05, 4.69) is 10.6 Å². The van der Waals surface area contributed by atoms with E-state index in [-0.39, 0.29) is 42.1 Å². The molecule has 1 aromatic heterocycles. The Morgan fingerprint density at radius 1 is 1.21 bits per heavy atom. The molecule has 0 amide bonds. The lowest BCUT2D eigenvalue weighted by Crippen LogP contribution is -2.43. The molecule has 1 aromatic rings. The van der Waals surface area contributed by atoms with Gasteiger partial charge < -0.3 is 24.9 Å². The standard InChI is InChI=1S/C21H35N3O3.HI/c25-13-11-21(9-2-1-3-10-21)17-24-20(23-16-19-7-5-15-27-19)22-12-8-18-6-4-14-26-18;/h4,6,14,19,25H,1-3,5,7-13,15-17H2,(H2,22,23,24);1H. The van der Waals surface area contributed by atoms with Crippen LogP contribution in [-0.2, 0) is 11.2 Å². The molecule has 28 heavy (non-hydrogen) atoms. The zero-order chi connectivity index (χ0) is 18.8. The quantitative estimate of drug-likeness (QED) is 0.272. The molecule has 1 atom stereocenters. The highest BCUT2D eigenvalue weighted by atomic mass is 127. The van der Waals surface area contributed by atoms with Gasteiger partial charge in [-0.15, -0.1) is 24.0 Å². The number of furan rings is 1. The van der Waals surface area contributed by atoms with Gasteiger partial charge >= 0.3 is 0 Å². The average molecular weight is 505 g/mol. The second-order valence-corrected chi connectivity index (χ2v) is 7.97. The fourth-order valence-corrected chi connectivity index (χ4v) is 4.22. The lowest BCUT2D eigenvalue weighted by molar-refractivity contribution is 0.113. The Morgan fingerprint density at radius 3 is 2.75 bits per heavy atom. The lowest BCUT2D eigenvalue weighted by atomic mass is 9.72. The third-order valence-corrected chi connectivity index (χ3v) is 5.89. The van der Waals surface area contributed by atoms with Crippen LogP contribution >= 0.6 is 24.0 Å². The molecular weight excluding hydrogens is 469 g/mol. The third kappa shape index (κ3) is 7.55. The number of halogens is 1. The summed E-state index contributed by atoms with van der Waals surface area (Å²) in [6.07, 6.45) is 12.1. The van der Waals surface area contributed by atoms with Crippen LogP contribution in [-0.4, -0.2) is 50.0 Å². The highest BCUT2D eigenvalue weighted by Crippen LogP contribution is 2.39. The molecule has 1 unspecified atom stereocenters. The molecule has 1 saturated carbocycles. The fraction of sp³-hybridized carbons (Fsp3) is 0.762. The summed E-state index contributed by atoms with van der Waals surface area (Å²) >= 11 is 0. The summed E-state index contributed by atoms with van der Waals surface area (Å²) in [6.45, 7) is 3.46. The van der Waals surface area contributed by atoms with Crippen molar-refractivity contribution in [3.8, 4) is 0 Å². The molecule has 0 spiro atoms. The topological polar surface area (TPSA) is 79.0 Å². The average Bonchev–Trinajstić information content (AvgIpc) is 3.38. The van der Waals surface area contributed by atoms with Gasteiger partial charge in [-0.2, -0.15) is 0 Å². The smallest absolute Gasteiger partial charge is 0.191 e. The fourth-order valence-electron chi connectivity index (χ4n) is 4.22. The first kappa shape index (κ1) is 23.5. The molecule has 3 rings (SSSR count). The van der Waals surface area contributed by atoms with E-state index in [1.54, 1.807) is 6.26 Å². The summed E-state index contributed by atoms with van der Waals surface area (Å²) < 4.78 is 11.1. The van der Waals surface area contributed by atoms with Crippen molar-refractivity contribution >= 4 is 29.9 Å². The van der Waals surface area contributed by atoms with Crippen molar-refractivity contribution in [3.63, 3.8) is 0 Å². The molecule has 1 aliphatic heterocycles. The van der Waals surface area contributed by atoms with Crippen molar-refractivity contribution in [2.75, 3.05) is 32.8 Å². The first-order valence-corrected chi connectivity index (χ1v) is 10.6. The normalized spacial score (nSPS) is 21.9. The van der Waals surface area contributed by atoms with E-state index >= 15 is 0 Å². The Morgan fingerprint density at radius 2 is 2.07 bits per heavy atom. The number of guanidine groups is 1. The van der Waals surface area contributed by atoms with Crippen LogP contribution in [0.5, 0.6) is 0 Å². The summed E-state index contributed by atoms with van der Waals surface area (Å²) in [4.78, 5) is 4.92. The molecule has 0 bridgehead atoms. The maximum absolute atomic E-state index is 9.54. The predicted molar refractivity (Wildman–Crippen MR) is 122 cm³/mol. The second kappa shape index (κ2) is 12.7. The molecule has 7 heteroatoms. The number of rotatable bonds is 9. The van der Waals surface area contributed by atoms with Crippen LogP contribution in [0.15, 0.2) is 27.8 Å². The van der Waals surface area contributed by atoms with Crippen LogP contribution < -0.4 is 10.6 Å².